The number of anilines is 1. The minimum Gasteiger partial charge on any atom is -0.479 e. The zero-order valence-electron chi connectivity index (χ0n) is 9.42. The van der Waals surface area contributed by atoms with E-state index in [1.165, 1.54) is 12.4 Å². The molecule has 1 unspecified atom stereocenters. The van der Waals surface area contributed by atoms with Crippen molar-refractivity contribution in [2.75, 3.05) is 18.9 Å². The summed E-state index contributed by atoms with van der Waals surface area (Å²) in [7, 11) is 0. The van der Waals surface area contributed by atoms with Crippen molar-refractivity contribution < 1.29 is 19.4 Å². The van der Waals surface area contributed by atoms with Crippen LogP contribution in [0.25, 0.3) is 0 Å². The highest BCUT2D eigenvalue weighted by atomic mass is 16.5. The number of ether oxygens (including phenoxy) is 1. The fourth-order valence-electron chi connectivity index (χ4n) is 1.69. The maximum absolute atomic E-state index is 11.9. The average Bonchev–Trinajstić information content (AvgIpc) is 2.79. The number of nitrogens with zero attached hydrogens (tertiary/aromatic N) is 2. The van der Waals surface area contributed by atoms with Crippen molar-refractivity contribution in [3.8, 4) is 0 Å². The maximum Gasteiger partial charge on any atom is 0.331 e. The first kappa shape index (κ1) is 12.2. The van der Waals surface area contributed by atoms with Crippen molar-refractivity contribution in [1.29, 1.82) is 0 Å². The molecule has 1 aliphatic rings. The first-order valence-corrected chi connectivity index (χ1v) is 5.25. The number of aliphatic carboxylic acids is 1. The van der Waals surface area contributed by atoms with Crippen LogP contribution in [0.15, 0.2) is 12.4 Å². The first-order chi connectivity index (χ1) is 8.55. The molecule has 1 aliphatic heterocycles. The lowest BCUT2D eigenvalue weighted by Crippen LogP contribution is -2.55. The van der Waals surface area contributed by atoms with Gasteiger partial charge < -0.3 is 20.9 Å². The standard InChI is InChI=1S/C10H12N4O4/c11-7-6(12-2-3-13-7)8(15)14-10(9(16)17)1-4-18-5-10/h2-3H,1,4-5H2,(H2,11,13)(H,14,15)(H,16,17). The Hall–Kier alpha value is -2.22. The zero-order chi connectivity index (χ0) is 13.2. The zero-order valence-corrected chi connectivity index (χ0v) is 9.42. The van der Waals surface area contributed by atoms with Gasteiger partial charge in [0.2, 0.25) is 0 Å². The molecule has 4 N–H and O–H groups in total. The average molecular weight is 252 g/mol. The number of carboxylic acid groups (broad SMARTS) is 1. The number of hydrogen-bond acceptors (Lipinski definition) is 6. The highest BCUT2D eigenvalue weighted by molar-refractivity contribution is 5.99. The molecular formula is C10H12N4O4. The molecule has 8 nitrogen and oxygen atoms in total. The number of nitrogen functional groups attached to an aromatic ring is 1. The number of hydrogen-bond donors (Lipinski definition) is 3. The van der Waals surface area contributed by atoms with Gasteiger partial charge in [0.25, 0.3) is 5.91 Å². The molecule has 1 amide bonds. The van der Waals surface area contributed by atoms with Crippen molar-refractivity contribution >= 4 is 17.7 Å². The summed E-state index contributed by atoms with van der Waals surface area (Å²) in [5.74, 6) is -1.86. The van der Waals surface area contributed by atoms with Gasteiger partial charge in [0.15, 0.2) is 17.1 Å². The van der Waals surface area contributed by atoms with Crippen molar-refractivity contribution in [2.45, 2.75) is 12.0 Å². The first-order valence-electron chi connectivity index (χ1n) is 5.25. The van der Waals surface area contributed by atoms with Gasteiger partial charge in [-0.25, -0.2) is 14.8 Å². The topological polar surface area (TPSA) is 127 Å². The van der Waals surface area contributed by atoms with Crippen molar-refractivity contribution in [3.05, 3.63) is 18.1 Å². The van der Waals surface area contributed by atoms with Gasteiger partial charge in [-0.05, 0) is 0 Å². The van der Waals surface area contributed by atoms with Crippen LogP contribution in [0.2, 0.25) is 0 Å². The van der Waals surface area contributed by atoms with Crippen molar-refractivity contribution in [2.24, 2.45) is 0 Å². The fourth-order valence-corrected chi connectivity index (χ4v) is 1.69. The van der Waals surface area contributed by atoms with Crippen LogP contribution in [0.4, 0.5) is 5.82 Å². The summed E-state index contributed by atoms with van der Waals surface area (Å²) in [6.07, 6.45) is 2.86. The van der Waals surface area contributed by atoms with Crippen LogP contribution in [-0.2, 0) is 9.53 Å². The highest BCUT2D eigenvalue weighted by Gasteiger charge is 2.44. The van der Waals surface area contributed by atoms with E-state index in [0.29, 0.717) is 0 Å². The summed E-state index contributed by atoms with van der Waals surface area (Å²) in [6, 6.07) is 0. The Labute approximate surface area is 102 Å². The number of amides is 1. The molecule has 0 aliphatic carbocycles. The predicted molar refractivity (Wildman–Crippen MR) is 59.7 cm³/mol. The number of nitrogens with two attached hydrogens (primary N) is 1. The lowest BCUT2D eigenvalue weighted by Gasteiger charge is -2.23. The van der Waals surface area contributed by atoms with Crippen LogP contribution in [0.3, 0.4) is 0 Å². The van der Waals surface area contributed by atoms with E-state index in [-0.39, 0.29) is 31.1 Å². The minimum atomic E-state index is -1.42. The second-order valence-electron chi connectivity index (χ2n) is 3.93. The Bertz CT molecular complexity index is 485. The molecule has 1 atom stereocenters. The third kappa shape index (κ3) is 2.09. The van der Waals surface area contributed by atoms with Crippen LogP contribution >= 0.6 is 0 Å². The smallest absolute Gasteiger partial charge is 0.331 e. The SMILES string of the molecule is Nc1nccnc1C(=O)NC1(C(=O)O)CCOC1. The van der Waals surface area contributed by atoms with E-state index in [4.69, 9.17) is 15.6 Å². The molecule has 0 aromatic carbocycles. The summed E-state index contributed by atoms with van der Waals surface area (Å²) in [4.78, 5) is 30.6. The molecule has 1 saturated heterocycles. The number of aromatic nitrogens is 2. The van der Waals surface area contributed by atoms with E-state index in [0.717, 1.165) is 0 Å². The van der Waals surface area contributed by atoms with Gasteiger partial charge in [0.1, 0.15) is 0 Å². The van der Waals surface area contributed by atoms with E-state index >= 15 is 0 Å². The molecule has 2 rings (SSSR count). The molecule has 8 heteroatoms. The normalized spacial score (nSPS) is 22.7. The monoisotopic (exact) mass is 252 g/mol. The second kappa shape index (κ2) is 4.57. The van der Waals surface area contributed by atoms with Crippen molar-refractivity contribution in [1.82, 2.24) is 15.3 Å². The Morgan fingerprint density at radius 1 is 1.44 bits per heavy atom. The van der Waals surface area contributed by atoms with Crippen LogP contribution in [-0.4, -0.2) is 45.7 Å². The Balaban J connectivity index is 2.21. The van der Waals surface area contributed by atoms with Gasteiger partial charge in [-0.1, -0.05) is 0 Å². The number of nitrogens with one attached hydrogen (secondary N) is 1. The van der Waals surface area contributed by atoms with Crippen LogP contribution in [0, 0.1) is 0 Å². The van der Waals surface area contributed by atoms with E-state index in [9.17, 15) is 9.59 Å². The molecular weight excluding hydrogens is 240 g/mol. The van der Waals surface area contributed by atoms with Gasteiger partial charge >= 0.3 is 5.97 Å². The van der Waals surface area contributed by atoms with Gasteiger partial charge in [0, 0.05) is 25.4 Å². The third-order valence-corrected chi connectivity index (χ3v) is 2.73. The highest BCUT2D eigenvalue weighted by Crippen LogP contribution is 2.20. The van der Waals surface area contributed by atoms with Gasteiger partial charge in [-0.3, -0.25) is 4.79 Å². The van der Waals surface area contributed by atoms with Gasteiger partial charge in [-0.15, -0.1) is 0 Å². The second-order valence-corrected chi connectivity index (χ2v) is 3.93. The summed E-state index contributed by atoms with van der Waals surface area (Å²) < 4.78 is 5.03. The molecule has 0 saturated carbocycles. The molecule has 18 heavy (non-hydrogen) atoms. The summed E-state index contributed by atoms with van der Waals surface area (Å²) in [5, 5.41) is 11.6. The minimum absolute atomic E-state index is 0.0468. The number of carboxylic acids is 1. The molecule has 1 fully saturated rings. The quantitative estimate of drug-likeness (QED) is 0.631. The maximum atomic E-state index is 11.9. The lowest BCUT2D eigenvalue weighted by atomic mass is 9.99. The van der Waals surface area contributed by atoms with Gasteiger partial charge in [-0.2, -0.15) is 0 Å². The van der Waals surface area contributed by atoms with E-state index in [1.54, 1.807) is 0 Å². The predicted octanol–water partition coefficient (Wildman–Crippen LogP) is -0.968. The summed E-state index contributed by atoms with van der Waals surface area (Å²) in [6.45, 7) is 0.205. The van der Waals surface area contributed by atoms with E-state index in [1.807, 2.05) is 0 Å². The molecule has 96 valence electrons. The molecule has 0 spiro atoms. The summed E-state index contributed by atoms with van der Waals surface area (Å²) >= 11 is 0. The summed E-state index contributed by atoms with van der Waals surface area (Å²) in [5.41, 5.74) is 3.99. The number of carbonyl (C=O) groups is 2. The molecule has 1 aromatic rings. The van der Waals surface area contributed by atoms with Crippen LogP contribution in [0.1, 0.15) is 16.9 Å². The number of rotatable bonds is 3. The lowest BCUT2D eigenvalue weighted by molar-refractivity contribution is -0.144. The van der Waals surface area contributed by atoms with E-state index < -0.39 is 17.4 Å². The largest absolute Gasteiger partial charge is 0.479 e. The van der Waals surface area contributed by atoms with Crippen LogP contribution < -0.4 is 11.1 Å². The Morgan fingerprint density at radius 3 is 2.72 bits per heavy atom. The third-order valence-electron chi connectivity index (χ3n) is 2.73. The Morgan fingerprint density at radius 2 is 2.17 bits per heavy atom. The van der Waals surface area contributed by atoms with Crippen molar-refractivity contribution in [3.63, 3.8) is 0 Å². The van der Waals surface area contributed by atoms with Gasteiger partial charge in [0.05, 0.1) is 6.61 Å². The van der Waals surface area contributed by atoms with Crippen LogP contribution in [0.5, 0.6) is 0 Å². The molecule has 2 heterocycles. The van der Waals surface area contributed by atoms with E-state index in [2.05, 4.69) is 15.3 Å². The molecule has 0 radical (unpaired) electrons. The number of carbonyl (C=O) groups excluding carboxylic acids is 1. The fraction of sp³-hybridized carbons (Fsp3) is 0.400. The molecule has 1 aromatic heterocycles. The Kier molecular flexibility index (Phi) is 3.11. The molecule has 0 bridgehead atoms.